The minimum Gasteiger partial charge on any atom is -0.383 e. The SMILES string of the molecule is CCN(CC)c1ccc(NC(=O)c2ccnc(NCCOC)c2)cc1. The Kier molecular flexibility index (Phi) is 7.22. The van der Waals surface area contributed by atoms with E-state index < -0.39 is 0 Å². The molecule has 6 nitrogen and oxygen atoms in total. The average molecular weight is 342 g/mol. The van der Waals surface area contributed by atoms with Crippen LogP contribution in [0.4, 0.5) is 17.2 Å². The lowest BCUT2D eigenvalue weighted by molar-refractivity contribution is 0.102. The highest BCUT2D eigenvalue weighted by atomic mass is 16.5. The van der Waals surface area contributed by atoms with Crippen LogP contribution >= 0.6 is 0 Å². The van der Waals surface area contributed by atoms with Crippen LogP contribution in [0.1, 0.15) is 24.2 Å². The molecule has 0 aliphatic rings. The Bertz CT molecular complexity index is 669. The van der Waals surface area contributed by atoms with Gasteiger partial charge in [-0.2, -0.15) is 0 Å². The molecular formula is C19H26N4O2. The van der Waals surface area contributed by atoms with Crippen LogP contribution in [0.5, 0.6) is 0 Å². The van der Waals surface area contributed by atoms with Gasteiger partial charge in [-0.05, 0) is 50.2 Å². The molecule has 1 amide bonds. The van der Waals surface area contributed by atoms with E-state index in [2.05, 4.69) is 34.4 Å². The van der Waals surface area contributed by atoms with Crippen molar-refractivity contribution >= 4 is 23.1 Å². The number of nitrogens with one attached hydrogen (secondary N) is 2. The molecule has 134 valence electrons. The molecule has 0 aliphatic carbocycles. The van der Waals surface area contributed by atoms with E-state index in [-0.39, 0.29) is 5.91 Å². The summed E-state index contributed by atoms with van der Waals surface area (Å²) in [6, 6.07) is 11.3. The second-order valence-electron chi connectivity index (χ2n) is 5.52. The van der Waals surface area contributed by atoms with Crippen LogP contribution < -0.4 is 15.5 Å². The van der Waals surface area contributed by atoms with Crippen molar-refractivity contribution in [2.24, 2.45) is 0 Å². The highest BCUT2D eigenvalue weighted by molar-refractivity contribution is 6.04. The number of hydrogen-bond donors (Lipinski definition) is 2. The van der Waals surface area contributed by atoms with E-state index in [1.807, 2.05) is 24.3 Å². The molecular weight excluding hydrogens is 316 g/mol. The minimum absolute atomic E-state index is 0.159. The standard InChI is InChI=1S/C19H26N4O2/c1-4-23(5-2)17-8-6-16(7-9-17)22-19(24)15-10-11-20-18(14-15)21-12-13-25-3/h6-11,14H,4-5,12-13H2,1-3H3,(H,20,21)(H,22,24). The molecule has 25 heavy (non-hydrogen) atoms. The Morgan fingerprint density at radius 3 is 2.52 bits per heavy atom. The van der Waals surface area contributed by atoms with Gasteiger partial charge in [0, 0.05) is 49.9 Å². The fourth-order valence-corrected chi connectivity index (χ4v) is 2.50. The summed E-state index contributed by atoms with van der Waals surface area (Å²) in [4.78, 5) is 18.9. The molecule has 1 heterocycles. The molecule has 6 heteroatoms. The van der Waals surface area contributed by atoms with Gasteiger partial charge in [0.1, 0.15) is 5.82 Å². The molecule has 0 saturated carbocycles. The molecule has 0 atom stereocenters. The molecule has 1 aromatic heterocycles. The molecule has 1 aromatic carbocycles. The first-order valence-electron chi connectivity index (χ1n) is 8.53. The summed E-state index contributed by atoms with van der Waals surface area (Å²) >= 11 is 0. The molecule has 0 radical (unpaired) electrons. The fourth-order valence-electron chi connectivity index (χ4n) is 2.50. The van der Waals surface area contributed by atoms with Gasteiger partial charge in [-0.1, -0.05) is 0 Å². The molecule has 0 spiro atoms. The van der Waals surface area contributed by atoms with Crippen LogP contribution in [-0.4, -0.2) is 44.2 Å². The van der Waals surface area contributed by atoms with E-state index in [0.717, 1.165) is 24.5 Å². The second-order valence-corrected chi connectivity index (χ2v) is 5.52. The van der Waals surface area contributed by atoms with Crippen molar-refractivity contribution in [2.45, 2.75) is 13.8 Å². The van der Waals surface area contributed by atoms with Crippen LogP contribution in [-0.2, 0) is 4.74 Å². The maximum Gasteiger partial charge on any atom is 0.255 e. The van der Waals surface area contributed by atoms with Crippen molar-refractivity contribution in [1.29, 1.82) is 0 Å². The maximum atomic E-state index is 12.4. The van der Waals surface area contributed by atoms with Gasteiger partial charge in [0.05, 0.1) is 6.61 Å². The molecule has 0 saturated heterocycles. The number of benzene rings is 1. The summed E-state index contributed by atoms with van der Waals surface area (Å²) in [5.41, 5.74) is 2.48. The van der Waals surface area contributed by atoms with E-state index in [1.165, 1.54) is 0 Å². The summed E-state index contributed by atoms with van der Waals surface area (Å²) in [6.07, 6.45) is 1.62. The van der Waals surface area contributed by atoms with Gasteiger partial charge in [-0.15, -0.1) is 0 Å². The van der Waals surface area contributed by atoms with E-state index in [1.54, 1.807) is 25.4 Å². The third-order valence-corrected chi connectivity index (χ3v) is 3.89. The maximum absolute atomic E-state index is 12.4. The zero-order chi connectivity index (χ0) is 18.1. The van der Waals surface area contributed by atoms with Crippen molar-refractivity contribution in [3.05, 3.63) is 48.2 Å². The number of carbonyl (C=O) groups excluding carboxylic acids is 1. The summed E-state index contributed by atoms with van der Waals surface area (Å²) in [5, 5.41) is 6.03. The number of aromatic nitrogens is 1. The average Bonchev–Trinajstić information content (AvgIpc) is 2.64. The summed E-state index contributed by atoms with van der Waals surface area (Å²) < 4.78 is 4.99. The van der Waals surface area contributed by atoms with Crippen LogP contribution in [0.25, 0.3) is 0 Å². The van der Waals surface area contributed by atoms with Crippen LogP contribution in [0.15, 0.2) is 42.6 Å². The molecule has 2 aromatic rings. The van der Waals surface area contributed by atoms with E-state index in [9.17, 15) is 4.79 Å². The normalized spacial score (nSPS) is 10.4. The largest absolute Gasteiger partial charge is 0.383 e. The number of carbonyl (C=O) groups is 1. The lowest BCUT2D eigenvalue weighted by Gasteiger charge is -2.21. The molecule has 2 N–H and O–H groups in total. The topological polar surface area (TPSA) is 66.5 Å². The lowest BCUT2D eigenvalue weighted by Crippen LogP contribution is -2.21. The van der Waals surface area contributed by atoms with Crippen molar-refractivity contribution in [2.75, 3.05) is 48.9 Å². The smallest absolute Gasteiger partial charge is 0.255 e. The fraction of sp³-hybridized carbons (Fsp3) is 0.368. The first kappa shape index (κ1) is 18.7. The Hall–Kier alpha value is -2.60. The number of rotatable bonds is 9. The highest BCUT2D eigenvalue weighted by Gasteiger charge is 2.08. The van der Waals surface area contributed by atoms with Gasteiger partial charge in [0.2, 0.25) is 0 Å². The van der Waals surface area contributed by atoms with Gasteiger partial charge in [0.25, 0.3) is 5.91 Å². The number of methoxy groups -OCH3 is 1. The molecule has 0 aliphatic heterocycles. The highest BCUT2D eigenvalue weighted by Crippen LogP contribution is 2.18. The van der Waals surface area contributed by atoms with E-state index >= 15 is 0 Å². The van der Waals surface area contributed by atoms with Gasteiger partial charge >= 0.3 is 0 Å². The number of pyridine rings is 1. The first-order chi connectivity index (χ1) is 12.2. The summed E-state index contributed by atoms with van der Waals surface area (Å²) in [6.45, 7) is 7.39. The first-order valence-corrected chi connectivity index (χ1v) is 8.53. The Balaban J connectivity index is 2.00. The van der Waals surface area contributed by atoms with Crippen molar-refractivity contribution in [3.8, 4) is 0 Å². The van der Waals surface area contributed by atoms with Crippen molar-refractivity contribution < 1.29 is 9.53 Å². The number of anilines is 3. The third kappa shape index (κ3) is 5.46. The predicted octanol–water partition coefficient (Wildman–Crippen LogP) is 3.24. The number of ether oxygens (including phenoxy) is 1. The van der Waals surface area contributed by atoms with Crippen molar-refractivity contribution in [1.82, 2.24) is 4.98 Å². The van der Waals surface area contributed by atoms with Gasteiger partial charge < -0.3 is 20.3 Å². The van der Waals surface area contributed by atoms with Gasteiger partial charge in [-0.25, -0.2) is 4.98 Å². The van der Waals surface area contributed by atoms with Crippen LogP contribution in [0.3, 0.4) is 0 Å². The number of hydrogen-bond acceptors (Lipinski definition) is 5. The quantitative estimate of drug-likeness (QED) is 0.685. The number of amides is 1. The summed E-state index contributed by atoms with van der Waals surface area (Å²) in [7, 11) is 1.64. The van der Waals surface area contributed by atoms with Crippen LogP contribution in [0.2, 0.25) is 0 Å². The van der Waals surface area contributed by atoms with E-state index in [0.29, 0.717) is 24.5 Å². The Labute approximate surface area is 149 Å². The third-order valence-electron chi connectivity index (χ3n) is 3.89. The minimum atomic E-state index is -0.159. The van der Waals surface area contributed by atoms with Gasteiger partial charge in [-0.3, -0.25) is 4.79 Å². The molecule has 2 rings (SSSR count). The van der Waals surface area contributed by atoms with E-state index in [4.69, 9.17) is 4.74 Å². The zero-order valence-electron chi connectivity index (χ0n) is 15.1. The van der Waals surface area contributed by atoms with Gasteiger partial charge in [0.15, 0.2) is 0 Å². The number of nitrogens with zero attached hydrogens (tertiary/aromatic N) is 2. The second kappa shape index (κ2) is 9.64. The molecule has 0 fully saturated rings. The molecule has 0 unspecified atom stereocenters. The predicted molar refractivity (Wildman–Crippen MR) is 103 cm³/mol. The summed E-state index contributed by atoms with van der Waals surface area (Å²) in [5.74, 6) is 0.495. The van der Waals surface area contributed by atoms with Crippen LogP contribution in [0, 0.1) is 0 Å². The lowest BCUT2D eigenvalue weighted by atomic mass is 10.2. The Morgan fingerprint density at radius 1 is 1.16 bits per heavy atom. The Morgan fingerprint density at radius 2 is 1.88 bits per heavy atom. The van der Waals surface area contributed by atoms with Crippen molar-refractivity contribution in [3.63, 3.8) is 0 Å². The zero-order valence-corrected chi connectivity index (χ0v) is 15.1. The monoisotopic (exact) mass is 342 g/mol. The molecule has 0 bridgehead atoms.